The average Bonchev–Trinajstić information content (AvgIpc) is 2.68. The van der Waals surface area contributed by atoms with Gasteiger partial charge in [0.15, 0.2) is 0 Å². The lowest BCUT2D eigenvalue weighted by atomic mass is 9.89. The summed E-state index contributed by atoms with van der Waals surface area (Å²) in [6.45, 7) is 2.11. The van der Waals surface area contributed by atoms with Gasteiger partial charge in [-0.15, -0.1) is 0 Å². The molecule has 8 heteroatoms. The molecule has 0 fully saturated rings. The first-order chi connectivity index (χ1) is 14.0. The number of ether oxygens (including phenoxy) is 1. The molecule has 0 bridgehead atoms. The van der Waals surface area contributed by atoms with Crippen molar-refractivity contribution in [2.45, 2.75) is 19.4 Å². The highest BCUT2D eigenvalue weighted by Gasteiger charge is 2.29. The molecule has 1 aromatic heterocycles. The summed E-state index contributed by atoms with van der Waals surface area (Å²) in [6, 6.07) is 7.88. The second-order valence-electron chi connectivity index (χ2n) is 6.62. The third kappa shape index (κ3) is 3.61. The van der Waals surface area contributed by atoms with E-state index < -0.39 is 17.7 Å². The molecule has 148 valence electrons. The fourth-order valence-electron chi connectivity index (χ4n) is 3.51. The molecule has 29 heavy (non-hydrogen) atoms. The molecule has 0 aliphatic carbocycles. The summed E-state index contributed by atoms with van der Waals surface area (Å²) in [5.41, 5.74) is 8.24. The highest BCUT2D eigenvalue weighted by molar-refractivity contribution is 5.96. The molecule has 4 rings (SSSR count). The summed E-state index contributed by atoms with van der Waals surface area (Å²) in [5, 5.41) is 2.90. The standard InChI is InChI=1S/C21H18F2N4O2/c1-2-29-19-8-12(23)4-6-14(19)15-7-11(22)3-5-13(15)17-9-18-16(20(28)26-17)10-25-21(24)27-18/h3-8,10,17H,2,9H2,1H3,(H,26,28)(H2,24,25,27). The molecule has 1 atom stereocenters. The highest BCUT2D eigenvalue weighted by atomic mass is 19.1. The van der Waals surface area contributed by atoms with Crippen LogP contribution in [0.4, 0.5) is 14.7 Å². The van der Waals surface area contributed by atoms with Crippen molar-refractivity contribution >= 4 is 11.9 Å². The molecular formula is C21H18F2N4O2. The van der Waals surface area contributed by atoms with Crippen molar-refractivity contribution in [1.29, 1.82) is 0 Å². The van der Waals surface area contributed by atoms with Gasteiger partial charge in [0.05, 0.1) is 23.9 Å². The van der Waals surface area contributed by atoms with Gasteiger partial charge in [-0.3, -0.25) is 4.79 Å². The van der Waals surface area contributed by atoms with Gasteiger partial charge in [-0.2, -0.15) is 0 Å². The van der Waals surface area contributed by atoms with Crippen LogP contribution in [0.2, 0.25) is 0 Å². The maximum Gasteiger partial charge on any atom is 0.255 e. The maximum atomic E-state index is 14.1. The fraction of sp³-hybridized carbons (Fsp3) is 0.190. The summed E-state index contributed by atoms with van der Waals surface area (Å²) < 4.78 is 33.4. The molecule has 2 aromatic carbocycles. The lowest BCUT2D eigenvalue weighted by molar-refractivity contribution is 0.0923. The Morgan fingerprint density at radius 3 is 2.69 bits per heavy atom. The normalized spacial score (nSPS) is 15.6. The molecule has 0 saturated heterocycles. The van der Waals surface area contributed by atoms with Gasteiger partial charge in [-0.25, -0.2) is 18.7 Å². The van der Waals surface area contributed by atoms with E-state index in [9.17, 15) is 13.6 Å². The first kappa shape index (κ1) is 18.8. The van der Waals surface area contributed by atoms with Crippen LogP contribution in [0.1, 0.15) is 34.6 Å². The van der Waals surface area contributed by atoms with Gasteiger partial charge in [0.1, 0.15) is 17.4 Å². The van der Waals surface area contributed by atoms with Gasteiger partial charge in [0.2, 0.25) is 5.95 Å². The number of halogens is 2. The predicted molar refractivity (Wildman–Crippen MR) is 103 cm³/mol. The topological polar surface area (TPSA) is 90.1 Å². The van der Waals surface area contributed by atoms with Gasteiger partial charge in [-0.05, 0) is 42.3 Å². The Balaban J connectivity index is 1.82. The molecule has 1 unspecified atom stereocenters. The van der Waals surface area contributed by atoms with Crippen molar-refractivity contribution < 1.29 is 18.3 Å². The molecule has 2 heterocycles. The molecule has 1 aliphatic rings. The summed E-state index contributed by atoms with van der Waals surface area (Å²) >= 11 is 0. The lowest BCUT2D eigenvalue weighted by Crippen LogP contribution is -2.36. The number of nitrogens with two attached hydrogens (primary N) is 1. The van der Waals surface area contributed by atoms with Crippen LogP contribution in [-0.2, 0) is 6.42 Å². The zero-order valence-corrected chi connectivity index (χ0v) is 15.6. The van der Waals surface area contributed by atoms with E-state index in [0.717, 1.165) is 0 Å². The second kappa shape index (κ2) is 7.46. The molecule has 0 saturated carbocycles. The van der Waals surface area contributed by atoms with E-state index in [-0.39, 0.29) is 11.9 Å². The quantitative estimate of drug-likeness (QED) is 0.705. The Kier molecular flexibility index (Phi) is 4.84. The van der Waals surface area contributed by atoms with E-state index in [1.807, 2.05) is 0 Å². The minimum Gasteiger partial charge on any atom is -0.493 e. The number of amides is 1. The molecular weight excluding hydrogens is 378 g/mol. The summed E-state index contributed by atoms with van der Waals surface area (Å²) in [5.74, 6) is -0.871. The Morgan fingerprint density at radius 2 is 1.90 bits per heavy atom. The van der Waals surface area contributed by atoms with E-state index in [4.69, 9.17) is 10.5 Å². The number of anilines is 1. The molecule has 1 aliphatic heterocycles. The van der Waals surface area contributed by atoms with Crippen LogP contribution >= 0.6 is 0 Å². The van der Waals surface area contributed by atoms with Crippen LogP contribution < -0.4 is 15.8 Å². The predicted octanol–water partition coefficient (Wildman–Crippen LogP) is 3.43. The zero-order valence-electron chi connectivity index (χ0n) is 15.6. The molecule has 1 amide bonds. The number of rotatable bonds is 4. The van der Waals surface area contributed by atoms with Gasteiger partial charge in [-0.1, -0.05) is 6.07 Å². The van der Waals surface area contributed by atoms with Gasteiger partial charge in [0.25, 0.3) is 5.91 Å². The molecule has 0 radical (unpaired) electrons. The van der Waals surface area contributed by atoms with Crippen molar-refractivity contribution in [3.05, 3.63) is 71.1 Å². The van der Waals surface area contributed by atoms with Crippen molar-refractivity contribution in [3.63, 3.8) is 0 Å². The summed E-state index contributed by atoms with van der Waals surface area (Å²) in [6.07, 6.45) is 1.75. The summed E-state index contributed by atoms with van der Waals surface area (Å²) in [4.78, 5) is 20.6. The number of nitrogens with one attached hydrogen (secondary N) is 1. The van der Waals surface area contributed by atoms with E-state index >= 15 is 0 Å². The minimum absolute atomic E-state index is 0.0775. The number of carbonyl (C=O) groups excluding carboxylic acids is 1. The van der Waals surface area contributed by atoms with E-state index in [1.54, 1.807) is 13.0 Å². The van der Waals surface area contributed by atoms with Gasteiger partial charge >= 0.3 is 0 Å². The van der Waals surface area contributed by atoms with Crippen LogP contribution in [0.3, 0.4) is 0 Å². The fourth-order valence-corrected chi connectivity index (χ4v) is 3.51. The van der Waals surface area contributed by atoms with Gasteiger partial charge < -0.3 is 15.8 Å². The average molecular weight is 396 g/mol. The number of benzene rings is 2. The van der Waals surface area contributed by atoms with Crippen LogP contribution in [0, 0.1) is 11.6 Å². The number of fused-ring (bicyclic) bond motifs is 1. The Labute approximate surface area is 165 Å². The smallest absolute Gasteiger partial charge is 0.255 e. The maximum absolute atomic E-state index is 14.1. The van der Waals surface area contributed by atoms with E-state index in [0.29, 0.717) is 46.7 Å². The zero-order chi connectivity index (χ0) is 20.5. The highest BCUT2D eigenvalue weighted by Crippen LogP contribution is 2.38. The molecule has 3 N–H and O–H groups in total. The van der Waals surface area contributed by atoms with Crippen molar-refractivity contribution in [2.24, 2.45) is 0 Å². The molecule has 6 nitrogen and oxygen atoms in total. The monoisotopic (exact) mass is 396 g/mol. The first-order valence-corrected chi connectivity index (χ1v) is 9.10. The number of hydrogen-bond acceptors (Lipinski definition) is 5. The minimum atomic E-state index is -0.473. The van der Waals surface area contributed by atoms with Crippen LogP contribution in [0.15, 0.2) is 42.6 Å². The van der Waals surface area contributed by atoms with Crippen LogP contribution in [0.5, 0.6) is 5.75 Å². The van der Waals surface area contributed by atoms with Crippen LogP contribution in [0.25, 0.3) is 11.1 Å². The number of carbonyl (C=O) groups is 1. The SMILES string of the molecule is CCOc1cc(F)ccc1-c1cc(F)ccc1C1Cc2nc(N)ncc2C(=O)N1. The van der Waals surface area contributed by atoms with Gasteiger partial charge in [0, 0.05) is 24.2 Å². The first-order valence-electron chi connectivity index (χ1n) is 9.10. The Hall–Kier alpha value is -3.55. The molecule has 3 aromatic rings. The van der Waals surface area contributed by atoms with Crippen LogP contribution in [-0.4, -0.2) is 22.5 Å². The molecule has 0 spiro atoms. The van der Waals surface area contributed by atoms with E-state index in [1.165, 1.54) is 36.5 Å². The van der Waals surface area contributed by atoms with Crippen molar-refractivity contribution in [2.75, 3.05) is 12.3 Å². The third-order valence-electron chi connectivity index (χ3n) is 4.76. The second-order valence-corrected chi connectivity index (χ2v) is 6.62. The Morgan fingerprint density at radius 1 is 1.14 bits per heavy atom. The lowest BCUT2D eigenvalue weighted by Gasteiger charge is -2.27. The number of nitrogen functional groups attached to an aromatic ring is 1. The largest absolute Gasteiger partial charge is 0.493 e. The number of nitrogens with zero attached hydrogens (tertiary/aromatic N) is 2. The van der Waals surface area contributed by atoms with Crippen molar-refractivity contribution in [3.8, 4) is 16.9 Å². The third-order valence-corrected chi connectivity index (χ3v) is 4.76. The van der Waals surface area contributed by atoms with Crippen molar-refractivity contribution in [1.82, 2.24) is 15.3 Å². The van der Waals surface area contributed by atoms with E-state index in [2.05, 4.69) is 15.3 Å². The number of aromatic nitrogens is 2. The Bertz CT molecular complexity index is 1100. The number of hydrogen-bond donors (Lipinski definition) is 2. The summed E-state index contributed by atoms with van der Waals surface area (Å²) in [7, 11) is 0.